The number of nitrogens with one attached hydrogen (secondary N) is 1. The monoisotopic (exact) mass is 629 g/mol. The van der Waals surface area contributed by atoms with Crippen molar-refractivity contribution in [2.75, 3.05) is 7.11 Å². The zero-order chi connectivity index (χ0) is 32.3. The molecular weight excluding hydrogens is 597 g/mol. The van der Waals surface area contributed by atoms with Crippen LogP contribution in [0.1, 0.15) is 87.6 Å². The number of ether oxygens (including phenoxy) is 1. The summed E-state index contributed by atoms with van der Waals surface area (Å²) in [6.45, 7) is 11.7. The molecule has 8 bridgehead atoms. The predicted octanol–water partition coefficient (Wildman–Crippen LogP) is 3.87. The molecule has 5 heterocycles. The van der Waals surface area contributed by atoms with Crippen molar-refractivity contribution in [1.29, 1.82) is 0 Å². The number of H-pyrrole nitrogens is 1. The number of allylic oxidation sites excluding steroid dienone is 2. The van der Waals surface area contributed by atoms with Crippen molar-refractivity contribution in [1.82, 2.24) is 15.0 Å². The minimum Gasteiger partial charge on any atom is -0.664 e. The van der Waals surface area contributed by atoms with Crippen LogP contribution in [0.3, 0.4) is 0 Å². The smallest absolute Gasteiger partial charge is 0.664 e. The minimum atomic E-state index is -0.948. The molecule has 0 spiro atoms. The topological polar surface area (TPSA) is 159 Å². The van der Waals surface area contributed by atoms with E-state index in [1.165, 1.54) is 7.11 Å². The van der Waals surface area contributed by atoms with Gasteiger partial charge in [0.05, 0.1) is 7.11 Å². The number of aliphatic hydroxyl groups is 1. The molecule has 1 saturated heterocycles. The molecule has 3 aromatic heterocycles. The number of methoxy groups -OCH3 is 1. The molecule has 3 aliphatic rings. The van der Waals surface area contributed by atoms with Gasteiger partial charge in [-0.3, -0.25) is 9.59 Å². The third-order valence-electron chi connectivity index (χ3n) is 9.21. The van der Waals surface area contributed by atoms with Gasteiger partial charge in [-0.2, -0.15) is 5.70 Å². The first-order chi connectivity index (χ1) is 21.5. The molecule has 1 fully saturated rings. The van der Waals surface area contributed by atoms with Crippen LogP contribution in [0.2, 0.25) is 0 Å². The van der Waals surface area contributed by atoms with E-state index < -0.39 is 17.9 Å². The molecule has 3 aromatic rings. The molecule has 6 rings (SSSR count). The Morgan fingerprint density at radius 1 is 1.07 bits per heavy atom. The van der Waals surface area contributed by atoms with Crippen LogP contribution in [-0.4, -0.2) is 63.6 Å². The molecule has 10 nitrogen and oxygen atoms in total. The Bertz CT molecular complexity index is 2050. The molecule has 2 aliphatic heterocycles. The van der Waals surface area contributed by atoms with Gasteiger partial charge in [-0.1, -0.05) is 55.9 Å². The van der Waals surface area contributed by atoms with E-state index in [1.807, 2.05) is 45.9 Å². The van der Waals surface area contributed by atoms with Gasteiger partial charge in [0, 0.05) is 28.2 Å². The van der Waals surface area contributed by atoms with Crippen LogP contribution < -0.4 is 20.7 Å². The van der Waals surface area contributed by atoms with Crippen molar-refractivity contribution in [3.63, 3.8) is 0 Å². The second-order valence-electron chi connectivity index (χ2n) is 11.6. The molecule has 0 unspecified atom stereocenters. The largest absolute Gasteiger partial charge is 2.00 e. The van der Waals surface area contributed by atoms with Gasteiger partial charge in [0.25, 0.3) is 0 Å². The normalized spacial score (nSPS) is 22.1. The Labute approximate surface area is 281 Å². The Morgan fingerprint density at radius 2 is 1.76 bits per heavy atom. The SMILES string of the molecule is C=Cc1c2[n-]c(c1C)/C=C1\[N-]/C(=C3/C(C(=O)OC)=C(O)c4c3[n-]c(c4C)/C=c3\[nH]/c(c(C=O)c3CC)=C\2)[C@@H](CCC(=O)O)[C@@H]1C.[Mg+2]. The van der Waals surface area contributed by atoms with Crippen LogP contribution in [0.25, 0.3) is 41.0 Å². The van der Waals surface area contributed by atoms with Crippen molar-refractivity contribution >= 4 is 76.9 Å². The van der Waals surface area contributed by atoms with Gasteiger partial charge < -0.3 is 35.2 Å². The summed E-state index contributed by atoms with van der Waals surface area (Å²) in [6, 6.07) is 0. The number of carboxylic acids is 1. The van der Waals surface area contributed by atoms with Crippen molar-refractivity contribution < 1.29 is 29.3 Å². The van der Waals surface area contributed by atoms with Crippen LogP contribution in [0.4, 0.5) is 0 Å². The molecule has 0 aromatic carbocycles. The first-order valence-electron chi connectivity index (χ1n) is 14.8. The van der Waals surface area contributed by atoms with Crippen LogP contribution >= 0.6 is 0 Å². The zero-order valence-corrected chi connectivity index (χ0v) is 27.9. The summed E-state index contributed by atoms with van der Waals surface area (Å²) in [7, 11) is 1.24. The number of carbonyl (C=O) groups is 3. The van der Waals surface area contributed by atoms with Gasteiger partial charge in [-0.25, -0.2) is 4.79 Å². The van der Waals surface area contributed by atoms with Crippen LogP contribution in [0.5, 0.6) is 0 Å². The first kappa shape index (κ1) is 32.9. The second kappa shape index (κ2) is 12.4. The Hall–Kier alpha value is -4.48. The van der Waals surface area contributed by atoms with E-state index in [0.29, 0.717) is 73.6 Å². The molecule has 11 heteroatoms. The summed E-state index contributed by atoms with van der Waals surface area (Å²) in [4.78, 5) is 50.5. The third kappa shape index (κ3) is 4.98. The fourth-order valence-electron chi connectivity index (χ4n) is 6.80. The molecule has 46 heavy (non-hydrogen) atoms. The summed E-state index contributed by atoms with van der Waals surface area (Å²) in [5.41, 5.74) is 7.65. The van der Waals surface area contributed by atoms with Crippen LogP contribution in [-0.2, 0) is 20.7 Å². The minimum absolute atomic E-state index is 0. The van der Waals surface area contributed by atoms with Gasteiger partial charge in [0.15, 0.2) is 6.29 Å². The van der Waals surface area contributed by atoms with E-state index in [2.05, 4.69) is 11.6 Å². The number of hydrogen-bond acceptors (Lipinski definition) is 5. The van der Waals surface area contributed by atoms with Crippen molar-refractivity contribution in [2.24, 2.45) is 11.8 Å². The maximum atomic E-state index is 13.2. The Kier molecular flexibility index (Phi) is 8.85. The standard InChI is InChI=1S/C35H35N4O6.Mg/c1-7-18-15(3)22-11-23-16(4)20(9-10-28(41)42)32(38-23)30-31(35(44)45-6)34(43)29-17(5)24(39-33(29)30)12-26-19(8-2)21(14-40)27(37-26)13-25(18)36-22;/h7,11-14,16,20,37H,1,8-10H2,2-6H3,(H4,38,39,40,41,42,43,44);/q-1;+2/p-2/b23-11-,27-13-;/t16-,20-;/m0./s1. The average Bonchev–Trinajstić information content (AvgIpc) is 3.76. The van der Waals surface area contributed by atoms with Gasteiger partial charge >= 0.3 is 35.0 Å². The average molecular weight is 630 g/mol. The molecular formula is C35H33MgN4O6-. The maximum absolute atomic E-state index is 13.2. The number of esters is 1. The number of nitrogens with zero attached hydrogens (tertiary/aromatic N) is 3. The molecule has 2 atom stereocenters. The molecule has 0 amide bonds. The predicted molar refractivity (Wildman–Crippen MR) is 176 cm³/mol. The van der Waals surface area contributed by atoms with E-state index in [9.17, 15) is 24.6 Å². The first-order valence-corrected chi connectivity index (χ1v) is 14.8. The summed E-state index contributed by atoms with van der Waals surface area (Å²) in [6.07, 6.45) is 8.82. The molecule has 3 N–H and O–H groups in total. The molecule has 0 saturated carbocycles. The maximum Gasteiger partial charge on any atom is 2.00 e. The number of aromatic nitrogens is 3. The zero-order valence-electron chi connectivity index (χ0n) is 26.4. The van der Waals surface area contributed by atoms with Crippen LogP contribution in [0.15, 0.2) is 23.5 Å². The summed E-state index contributed by atoms with van der Waals surface area (Å²) >= 11 is 0. The fourth-order valence-corrected chi connectivity index (χ4v) is 6.80. The number of hydrogen-bond donors (Lipinski definition) is 3. The van der Waals surface area contributed by atoms with E-state index in [-0.39, 0.29) is 53.1 Å². The molecule has 1 aliphatic carbocycles. The number of rotatable bonds is 7. The number of aliphatic hydroxyl groups excluding tert-OH is 1. The van der Waals surface area contributed by atoms with E-state index >= 15 is 0 Å². The number of aldehydes is 1. The van der Waals surface area contributed by atoms with Crippen LogP contribution in [0, 0.1) is 25.7 Å². The number of carboxylic acid groups (broad SMARTS) is 1. The van der Waals surface area contributed by atoms with Gasteiger partial charge in [0.1, 0.15) is 11.3 Å². The quantitative estimate of drug-likeness (QED) is 0.202. The second-order valence-corrected chi connectivity index (χ2v) is 11.6. The summed E-state index contributed by atoms with van der Waals surface area (Å²) in [5.74, 6) is -2.60. The third-order valence-corrected chi connectivity index (χ3v) is 9.21. The van der Waals surface area contributed by atoms with Gasteiger partial charge in [-0.05, 0) is 55.2 Å². The van der Waals surface area contributed by atoms with Crippen molar-refractivity contribution in [2.45, 2.75) is 47.0 Å². The van der Waals surface area contributed by atoms with Crippen molar-refractivity contribution in [3.05, 3.63) is 95.7 Å². The van der Waals surface area contributed by atoms with Gasteiger partial charge in [-0.15, -0.1) is 28.5 Å². The number of aromatic amines is 1. The molecule has 232 valence electrons. The van der Waals surface area contributed by atoms with Crippen molar-refractivity contribution in [3.8, 4) is 0 Å². The number of aliphatic carboxylic acids is 1. The van der Waals surface area contributed by atoms with Gasteiger partial charge in [0.2, 0.25) is 0 Å². The Balaban J connectivity index is 0.00000417. The van der Waals surface area contributed by atoms with E-state index in [4.69, 9.17) is 20.0 Å². The molecule has 0 radical (unpaired) electrons. The number of carbonyl (C=O) groups excluding carboxylic acids is 2. The number of fused-ring (bicyclic) bond motifs is 7. The Morgan fingerprint density at radius 3 is 2.39 bits per heavy atom. The summed E-state index contributed by atoms with van der Waals surface area (Å²) in [5, 5.41) is 27.4. The summed E-state index contributed by atoms with van der Waals surface area (Å²) < 4.78 is 5.10. The van der Waals surface area contributed by atoms with E-state index in [1.54, 1.807) is 6.08 Å². The van der Waals surface area contributed by atoms with E-state index in [0.717, 1.165) is 23.0 Å². The fraction of sp³-hybridized carbons (Fsp3) is 0.286.